The van der Waals surface area contributed by atoms with E-state index in [1.807, 2.05) is 60.7 Å². The van der Waals surface area contributed by atoms with Crippen LogP contribution in [0.2, 0.25) is 10.0 Å². The van der Waals surface area contributed by atoms with E-state index in [1.165, 1.54) is 0 Å². The lowest BCUT2D eigenvalue weighted by Crippen LogP contribution is -2.39. The summed E-state index contributed by atoms with van der Waals surface area (Å²) in [7, 11) is 0. The Hall–Kier alpha value is -2.27. The number of amides is 1. The summed E-state index contributed by atoms with van der Waals surface area (Å²) in [6.07, 6.45) is 0.918. The predicted octanol–water partition coefficient (Wildman–Crippen LogP) is 4.92. The van der Waals surface area contributed by atoms with Gasteiger partial charge in [-0.2, -0.15) is 0 Å². The van der Waals surface area contributed by atoms with E-state index in [4.69, 9.17) is 27.9 Å². The number of hydrogen-bond donors (Lipinski definition) is 1. The second kappa shape index (κ2) is 9.04. The first kappa shape index (κ1) is 20.0. The minimum atomic E-state index is -0.0979. The van der Waals surface area contributed by atoms with Crippen molar-refractivity contribution in [1.82, 2.24) is 10.2 Å². The maximum absolute atomic E-state index is 12.4. The van der Waals surface area contributed by atoms with E-state index in [9.17, 15) is 4.79 Å². The Morgan fingerprint density at radius 2 is 1.90 bits per heavy atom. The number of ether oxygens (including phenoxy) is 1. The summed E-state index contributed by atoms with van der Waals surface area (Å²) in [5.74, 6) is 0.630. The largest absolute Gasteiger partial charge is 0.483 e. The first-order chi connectivity index (χ1) is 14.1. The number of carbonyl (C=O) groups is 1. The number of nitrogens with zero attached hydrogens (tertiary/aromatic N) is 1. The van der Waals surface area contributed by atoms with Crippen molar-refractivity contribution in [2.75, 3.05) is 19.7 Å². The Morgan fingerprint density at radius 3 is 2.76 bits per heavy atom. The molecular formula is C23H22Cl2N2O2. The molecule has 0 saturated carbocycles. The zero-order valence-electron chi connectivity index (χ0n) is 15.9. The zero-order chi connectivity index (χ0) is 20.2. The van der Waals surface area contributed by atoms with Gasteiger partial charge in [-0.1, -0.05) is 65.7 Å². The third-order valence-corrected chi connectivity index (χ3v) is 5.88. The van der Waals surface area contributed by atoms with E-state index >= 15 is 0 Å². The fourth-order valence-corrected chi connectivity index (χ4v) is 4.05. The van der Waals surface area contributed by atoms with Crippen molar-refractivity contribution in [2.24, 2.45) is 0 Å². The van der Waals surface area contributed by atoms with Gasteiger partial charge in [0.1, 0.15) is 5.75 Å². The van der Waals surface area contributed by atoms with E-state index in [2.05, 4.69) is 10.2 Å². The van der Waals surface area contributed by atoms with Crippen LogP contribution in [0.4, 0.5) is 0 Å². The van der Waals surface area contributed by atoms with Gasteiger partial charge in [0.2, 0.25) is 0 Å². The normalized spacial score (nSPS) is 16.8. The molecule has 4 nitrogen and oxygen atoms in total. The van der Waals surface area contributed by atoms with Crippen molar-refractivity contribution in [3.8, 4) is 5.75 Å². The van der Waals surface area contributed by atoms with E-state index in [1.54, 1.807) is 0 Å². The smallest absolute Gasteiger partial charge is 0.258 e. The first-order valence-corrected chi connectivity index (χ1v) is 10.4. The van der Waals surface area contributed by atoms with E-state index < -0.39 is 0 Å². The summed E-state index contributed by atoms with van der Waals surface area (Å²) < 4.78 is 5.79. The maximum atomic E-state index is 12.4. The highest BCUT2D eigenvalue weighted by atomic mass is 35.5. The summed E-state index contributed by atoms with van der Waals surface area (Å²) >= 11 is 12.1. The van der Waals surface area contributed by atoms with Crippen LogP contribution in [0.25, 0.3) is 10.8 Å². The second-order valence-electron chi connectivity index (χ2n) is 7.30. The minimum Gasteiger partial charge on any atom is -0.483 e. The average Bonchev–Trinajstić information content (AvgIpc) is 3.15. The summed E-state index contributed by atoms with van der Waals surface area (Å²) in [6.45, 7) is 2.53. The van der Waals surface area contributed by atoms with Crippen LogP contribution in [-0.2, 0) is 11.3 Å². The molecule has 1 amide bonds. The molecule has 1 heterocycles. The molecule has 4 rings (SSSR count). The first-order valence-electron chi connectivity index (χ1n) is 9.65. The van der Waals surface area contributed by atoms with Gasteiger partial charge in [-0.3, -0.25) is 9.69 Å². The summed E-state index contributed by atoms with van der Waals surface area (Å²) in [6, 6.07) is 19.7. The van der Waals surface area contributed by atoms with Gasteiger partial charge in [0.15, 0.2) is 6.61 Å². The molecule has 1 aliphatic heterocycles. The molecule has 0 spiro atoms. The number of likely N-dealkylation sites (tertiary alicyclic amines) is 1. The average molecular weight is 429 g/mol. The molecular weight excluding hydrogens is 407 g/mol. The molecule has 0 radical (unpaired) electrons. The molecule has 0 aromatic heterocycles. The van der Waals surface area contributed by atoms with Crippen LogP contribution in [-0.4, -0.2) is 36.5 Å². The highest BCUT2D eigenvalue weighted by Crippen LogP contribution is 2.25. The van der Waals surface area contributed by atoms with Gasteiger partial charge in [-0.25, -0.2) is 0 Å². The van der Waals surface area contributed by atoms with E-state index in [0.717, 1.165) is 48.1 Å². The van der Waals surface area contributed by atoms with Crippen molar-refractivity contribution in [3.63, 3.8) is 0 Å². The van der Waals surface area contributed by atoms with Gasteiger partial charge in [0.25, 0.3) is 5.91 Å². The standard InChI is InChI=1S/C23H22Cl2N2O2/c24-20-9-8-16(12-21(20)25)13-27-11-10-18(14-27)26-23(28)15-29-22-7-3-5-17-4-1-2-6-19(17)22/h1-9,12,18H,10-11,13-15H2,(H,26,28). The van der Waals surface area contributed by atoms with Gasteiger partial charge in [-0.05, 0) is 35.6 Å². The Labute approximate surface area is 180 Å². The lowest BCUT2D eigenvalue weighted by molar-refractivity contribution is -0.123. The minimum absolute atomic E-state index is 0.0112. The number of rotatable bonds is 6. The van der Waals surface area contributed by atoms with Gasteiger partial charge in [0.05, 0.1) is 10.0 Å². The predicted molar refractivity (Wildman–Crippen MR) is 118 cm³/mol. The number of nitrogens with one attached hydrogen (secondary N) is 1. The van der Waals surface area contributed by atoms with Crippen molar-refractivity contribution >= 4 is 39.9 Å². The maximum Gasteiger partial charge on any atom is 0.258 e. The number of hydrogen-bond acceptors (Lipinski definition) is 3. The molecule has 1 atom stereocenters. The Balaban J connectivity index is 1.27. The van der Waals surface area contributed by atoms with Gasteiger partial charge in [0, 0.05) is 31.1 Å². The molecule has 0 aliphatic carbocycles. The Morgan fingerprint density at radius 1 is 1.07 bits per heavy atom. The molecule has 1 unspecified atom stereocenters. The molecule has 1 fully saturated rings. The van der Waals surface area contributed by atoms with Crippen LogP contribution < -0.4 is 10.1 Å². The van der Waals surface area contributed by atoms with Crippen molar-refractivity contribution < 1.29 is 9.53 Å². The quantitative estimate of drug-likeness (QED) is 0.605. The number of benzene rings is 3. The van der Waals surface area contributed by atoms with Crippen LogP contribution >= 0.6 is 23.2 Å². The molecule has 1 saturated heterocycles. The van der Waals surface area contributed by atoms with Gasteiger partial charge >= 0.3 is 0 Å². The summed E-state index contributed by atoms with van der Waals surface area (Å²) in [4.78, 5) is 14.7. The Kier molecular flexibility index (Phi) is 6.24. The fourth-order valence-electron chi connectivity index (χ4n) is 3.72. The number of fused-ring (bicyclic) bond motifs is 1. The zero-order valence-corrected chi connectivity index (χ0v) is 17.4. The Bertz CT molecular complexity index is 1020. The molecule has 1 aliphatic rings. The topological polar surface area (TPSA) is 41.6 Å². The van der Waals surface area contributed by atoms with Gasteiger partial charge < -0.3 is 10.1 Å². The van der Waals surface area contributed by atoms with Crippen molar-refractivity contribution in [3.05, 3.63) is 76.3 Å². The molecule has 150 valence electrons. The van der Waals surface area contributed by atoms with E-state index in [0.29, 0.717) is 10.0 Å². The third kappa shape index (κ3) is 5.02. The van der Waals surface area contributed by atoms with Crippen molar-refractivity contribution in [2.45, 2.75) is 19.0 Å². The monoisotopic (exact) mass is 428 g/mol. The van der Waals surface area contributed by atoms with Crippen LogP contribution in [0.3, 0.4) is 0 Å². The molecule has 3 aromatic carbocycles. The van der Waals surface area contributed by atoms with Crippen LogP contribution in [0.15, 0.2) is 60.7 Å². The molecule has 3 aromatic rings. The lowest BCUT2D eigenvalue weighted by Gasteiger charge is -2.17. The summed E-state index contributed by atoms with van der Waals surface area (Å²) in [5.41, 5.74) is 1.12. The SMILES string of the molecule is O=C(COc1cccc2ccccc12)NC1CCN(Cc2ccc(Cl)c(Cl)c2)C1. The highest BCUT2D eigenvalue weighted by Gasteiger charge is 2.24. The lowest BCUT2D eigenvalue weighted by atomic mass is 10.1. The highest BCUT2D eigenvalue weighted by molar-refractivity contribution is 6.42. The third-order valence-electron chi connectivity index (χ3n) is 5.14. The molecule has 29 heavy (non-hydrogen) atoms. The number of carbonyl (C=O) groups excluding carboxylic acids is 1. The molecule has 1 N–H and O–H groups in total. The summed E-state index contributed by atoms with van der Waals surface area (Å²) in [5, 5.41) is 6.32. The molecule has 6 heteroatoms. The van der Waals surface area contributed by atoms with E-state index in [-0.39, 0.29) is 18.6 Å². The fraction of sp³-hybridized carbons (Fsp3) is 0.261. The second-order valence-corrected chi connectivity index (χ2v) is 8.12. The molecule has 0 bridgehead atoms. The van der Waals surface area contributed by atoms with Crippen molar-refractivity contribution in [1.29, 1.82) is 0 Å². The number of halogens is 2. The van der Waals surface area contributed by atoms with Crippen LogP contribution in [0, 0.1) is 0 Å². The van der Waals surface area contributed by atoms with Crippen LogP contribution in [0.5, 0.6) is 5.75 Å². The van der Waals surface area contributed by atoms with Gasteiger partial charge in [-0.15, -0.1) is 0 Å². The van der Waals surface area contributed by atoms with Crippen LogP contribution in [0.1, 0.15) is 12.0 Å².